The summed E-state index contributed by atoms with van der Waals surface area (Å²) in [5.74, 6) is 0.432. The van der Waals surface area contributed by atoms with Gasteiger partial charge in [-0.1, -0.05) is 0 Å². The highest BCUT2D eigenvalue weighted by molar-refractivity contribution is 9.10. The molecule has 1 rings (SSSR count). The number of rotatable bonds is 2. The Morgan fingerprint density at radius 2 is 2.15 bits per heavy atom. The van der Waals surface area contributed by atoms with E-state index in [1.807, 2.05) is 0 Å². The standard InChI is InChI=1S/C7H9BBrNO3/c1-4-5(8(11)12)3-10-7(13-2)6(4)9/h3,11-12H,1-2H3. The predicted molar refractivity (Wildman–Crippen MR) is 53.1 cm³/mol. The fourth-order valence-electron chi connectivity index (χ4n) is 0.971. The average molecular weight is 246 g/mol. The molecule has 70 valence electrons. The molecule has 0 aromatic carbocycles. The van der Waals surface area contributed by atoms with E-state index in [1.165, 1.54) is 13.3 Å². The van der Waals surface area contributed by atoms with Gasteiger partial charge >= 0.3 is 7.12 Å². The Bertz CT molecular complexity index is 319. The molecule has 0 bridgehead atoms. The molecular formula is C7H9BBrNO3. The van der Waals surface area contributed by atoms with Crippen molar-refractivity contribution in [3.63, 3.8) is 0 Å². The molecule has 2 N–H and O–H groups in total. The molecule has 6 heteroatoms. The summed E-state index contributed by atoms with van der Waals surface area (Å²) in [6.07, 6.45) is 1.38. The molecular weight excluding hydrogens is 237 g/mol. The van der Waals surface area contributed by atoms with Crippen LogP contribution in [-0.2, 0) is 0 Å². The van der Waals surface area contributed by atoms with Gasteiger partial charge in [0.15, 0.2) is 0 Å². The molecule has 13 heavy (non-hydrogen) atoms. The summed E-state index contributed by atoms with van der Waals surface area (Å²) < 4.78 is 5.58. The minimum atomic E-state index is -1.50. The van der Waals surface area contributed by atoms with Gasteiger partial charge in [0.2, 0.25) is 5.88 Å². The van der Waals surface area contributed by atoms with Crippen molar-refractivity contribution in [3.8, 4) is 5.88 Å². The Labute approximate surface area is 84.8 Å². The number of methoxy groups -OCH3 is 1. The van der Waals surface area contributed by atoms with Gasteiger partial charge in [-0.15, -0.1) is 0 Å². The third kappa shape index (κ3) is 2.01. The molecule has 0 unspecified atom stereocenters. The normalized spacial score (nSPS) is 9.92. The van der Waals surface area contributed by atoms with Crippen LogP contribution in [0.4, 0.5) is 0 Å². The maximum absolute atomic E-state index is 8.95. The van der Waals surface area contributed by atoms with Crippen LogP contribution in [0.2, 0.25) is 0 Å². The Hall–Kier alpha value is -0.585. The van der Waals surface area contributed by atoms with E-state index < -0.39 is 7.12 Å². The van der Waals surface area contributed by atoms with Crippen LogP contribution in [0.3, 0.4) is 0 Å². The van der Waals surface area contributed by atoms with Crippen LogP contribution in [-0.4, -0.2) is 29.3 Å². The van der Waals surface area contributed by atoms with Gasteiger partial charge in [-0.3, -0.25) is 0 Å². The first-order valence-corrected chi connectivity index (χ1v) is 4.42. The molecule has 0 aliphatic carbocycles. The highest BCUT2D eigenvalue weighted by atomic mass is 79.9. The summed E-state index contributed by atoms with van der Waals surface area (Å²) in [4.78, 5) is 3.89. The molecule has 4 nitrogen and oxygen atoms in total. The van der Waals surface area contributed by atoms with E-state index in [0.717, 1.165) is 0 Å². The van der Waals surface area contributed by atoms with Crippen molar-refractivity contribution in [1.82, 2.24) is 4.98 Å². The van der Waals surface area contributed by atoms with Crippen LogP contribution in [0, 0.1) is 6.92 Å². The van der Waals surface area contributed by atoms with Gasteiger partial charge in [-0.25, -0.2) is 4.98 Å². The predicted octanol–water partition coefficient (Wildman–Crippen LogP) is -0.159. The minimum absolute atomic E-state index is 0.368. The number of halogens is 1. The van der Waals surface area contributed by atoms with Crippen LogP contribution in [0.1, 0.15) is 5.56 Å². The van der Waals surface area contributed by atoms with Crippen molar-refractivity contribution in [2.24, 2.45) is 0 Å². The quantitative estimate of drug-likeness (QED) is 0.711. The van der Waals surface area contributed by atoms with Crippen molar-refractivity contribution in [1.29, 1.82) is 0 Å². The SMILES string of the molecule is COc1ncc(B(O)O)c(C)c1Br. The van der Waals surface area contributed by atoms with E-state index in [-0.39, 0.29) is 0 Å². The van der Waals surface area contributed by atoms with Crippen molar-refractivity contribution < 1.29 is 14.8 Å². The topological polar surface area (TPSA) is 62.6 Å². The van der Waals surface area contributed by atoms with Crippen LogP contribution in [0.5, 0.6) is 5.88 Å². The molecule has 0 atom stereocenters. The van der Waals surface area contributed by atoms with Crippen molar-refractivity contribution in [2.45, 2.75) is 6.92 Å². The van der Waals surface area contributed by atoms with Crippen LogP contribution in [0.25, 0.3) is 0 Å². The molecule has 0 aliphatic heterocycles. The Kier molecular flexibility index (Phi) is 3.30. The smallest absolute Gasteiger partial charge is 0.480 e. The van der Waals surface area contributed by atoms with Gasteiger partial charge in [0.05, 0.1) is 11.6 Å². The highest BCUT2D eigenvalue weighted by Gasteiger charge is 2.18. The molecule has 0 saturated carbocycles. The van der Waals surface area contributed by atoms with E-state index in [2.05, 4.69) is 20.9 Å². The van der Waals surface area contributed by atoms with Crippen molar-refractivity contribution >= 4 is 28.5 Å². The molecule has 0 aliphatic rings. The Morgan fingerprint density at radius 1 is 1.54 bits per heavy atom. The number of hydrogen-bond donors (Lipinski definition) is 2. The highest BCUT2D eigenvalue weighted by Crippen LogP contribution is 2.23. The van der Waals surface area contributed by atoms with E-state index in [0.29, 0.717) is 21.4 Å². The van der Waals surface area contributed by atoms with Crippen LogP contribution >= 0.6 is 15.9 Å². The largest absolute Gasteiger partial charge is 0.490 e. The van der Waals surface area contributed by atoms with Gasteiger partial charge in [0, 0.05) is 11.7 Å². The fourth-order valence-corrected chi connectivity index (χ4v) is 1.46. The average Bonchev–Trinajstić information content (AvgIpc) is 2.09. The Morgan fingerprint density at radius 3 is 2.62 bits per heavy atom. The summed E-state index contributed by atoms with van der Waals surface area (Å²) >= 11 is 3.25. The molecule has 1 aromatic heterocycles. The monoisotopic (exact) mass is 245 g/mol. The maximum Gasteiger partial charge on any atom is 0.490 e. The van der Waals surface area contributed by atoms with Gasteiger partial charge in [0.1, 0.15) is 0 Å². The van der Waals surface area contributed by atoms with E-state index >= 15 is 0 Å². The zero-order chi connectivity index (χ0) is 10.0. The molecule has 0 saturated heterocycles. The van der Waals surface area contributed by atoms with E-state index in [1.54, 1.807) is 6.92 Å². The minimum Gasteiger partial charge on any atom is -0.480 e. The number of aromatic nitrogens is 1. The van der Waals surface area contributed by atoms with E-state index in [9.17, 15) is 0 Å². The number of nitrogens with zero attached hydrogens (tertiary/aromatic N) is 1. The van der Waals surface area contributed by atoms with Gasteiger partial charge in [-0.05, 0) is 28.4 Å². The summed E-state index contributed by atoms with van der Waals surface area (Å²) in [6.45, 7) is 1.75. The maximum atomic E-state index is 8.95. The molecule has 1 heterocycles. The lowest BCUT2D eigenvalue weighted by atomic mass is 9.79. The summed E-state index contributed by atoms with van der Waals surface area (Å²) in [6, 6.07) is 0. The number of hydrogen-bond acceptors (Lipinski definition) is 4. The van der Waals surface area contributed by atoms with Gasteiger partial charge < -0.3 is 14.8 Å². The Balaban J connectivity index is 3.23. The lowest BCUT2D eigenvalue weighted by Crippen LogP contribution is -2.32. The molecule has 0 spiro atoms. The number of ether oxygens (including phenoxy) is 1. The van der Waals surface area contributed by atoms with Crippen molar-refractivity contribution in [3.05, 3.63) is 16.2 Å². The molecule has 0 radical (unpaired) electrons. The fraction of sp³-hybridized carbons (Fsp3) is 0.286. The summed E-state index contributed by atoms with van der Waals surface area (Å²) in [7, 11) is -0.00333. The second-order valence-corrected chi connectivity index (χ2v) is 3.33. The second-order valence-electron chi connectivity index (χ2n) is 2.54. The van der Waals surface area contributed by atoms with Crippen LogP contribution in [0.15, 0.2) is 10.7 Å². The first-order chi connectivity index (χ1) is 6.07. The summed E-state index contributed by atoms with van der Waals surface area (Å²) in [5, 5.41) is 17.9. The van der Waals surface area contributed by atoms with Crippen LogP contribution < -0.4 is 10.2 Å². The van der Waals surface area contributed by atoms with Gasteiger partial charge in [-0.2, -0.15) is 0 Å². The molecule has 0 fully saturated rings. The zero-order valence-corrected chi connectivity index (χ0v) is 8.87. The van der Waals surface area contributed by atoms with Gasteiger partial charge in [0.25, 0.3) is 0 Å². The second kappa shape index (κ2) is 4.08. The number of pyridine rings is 1. The molecule has 0 amide bonds. The first-order valence-electron chi connectivity index (χ1n) is 3.63. The van der Waals surface area contributed by atoms with E-state index in [4.69, 9.17) is 14.8 Å². The lowest BCUT2D eigenvalue weighted by molar-refractivity contribution is 0.394. The first kappa shape index (κ1) is 10.5. The third-order valence-corrected chi connectivity index (χ3v) is 2.68. The lowest BCUT2D eigenvalue weighted by Gasteiger charge is -2.08. The zero-order valence-electron chi connectivity index (χ0n) is 7.28. The van der Waals surface area contributed by atoms with Crippen molar-refractivity contribution in [2.75, 3.05) is 7.11 Å². The summed E-state index contributed by atoms with van der Waals surface area (Å²) in [5.41, 5.74) is 1.08. The third-order valence-electron chi connectivity index (χ3n) is 1.74. The molecule has 1 aromatic rings.